The summed E-state index contributed by atoms with van der Waals surface area (Å²) in [5.41, 5.74) is 7.45. The highest BCUT2D eigenvalue weighted by Crippen LogP contribution is 2.39. The largest absolute Gasteiger partial charge is 0.436 e. The van der Waals surface area contributed by atoms with Crippen molar-refractivity contribution in [1.82, 2.24) is 10.3 Å². The number of non-ortho nitro benzene ring substituents is 1. The first-order valence-electron chi connectivity index (χ1n) is 12.0. The molecule has 1 aromatic heterocycles. The number of hydrogen-bond acceptors (Lipinski definition) is 7. The van der Waals surface area contributed by atoms with Crippen LogP contribution in [0.2, 0.25) is 0 Å². The first-order chi connectivity index (χ1) is 17.5. The van der Waals surface area contributed by atoms with E-state index in [1.165, 1.54) is 23.5 Å². The van der Waals surface area contributed by atoms with Crippen LogP contribution in [0.3, 0.4) is 0 Å². The lowest BCUT2D eigenvalue weighted by Gasteiger charge is -2.36. The molecule has 37 heavy (non-hydrogen) atoms. The molecule has 3 unspecified atom stereocenters. The van der Waals surface area contributed by atoms with Crippen LogP contribution in [0.25, 0.3) is 0 Å². The van der Waals surface area contributed by atoms with Gasteiger partial charge in [-0.25, -0.2) is 9.78 Å². The Balaban J connectivity index is 1.97. The molecule has 3 rings (SSSR count). The van der Waals surface area contributed by atoms with E-state index in [-0.39, 0.29) is 5.69 Å². The number of carbonyl (C=O) groups excluding carboxylic acids is 2. The molecule has 2 aromatic carbocycles. The first-order valence-corrected chi connectivity index (χ1v) is 12.9. The number of nitrogens with zero attached hydrogens (tertiary/aromatic N) is 2. The van der Waals surface area contributed by atoms with E-state index in [0.717, 1.165) is 23.2 Å². The third kappa shape index (κ3) is 7.36. The van der Waals surface area contributed by atoms with Gasteiger partial charge in [0.1, 0.15) is 5.01 Å². The fraction of sp³-hybridized carbons (Fsp3) is 0.370. The second-order valence-electron chi connectivity index (χ2n) is 9.83. The summed E-state index contributed by atoms with van der Waals surface area (Å²) >= 11 is 1.42. The Morgan fingerprint density at radius 3 is 2.30 bits per heavy atom. The van der Waals surface area contributed by atoms with Gasteiger partial charge in [-0.3, -0.25) is 14.9 Å². The van der Waals surface area contributed by atoms with Crippen LogP contribution in [-0.2, 0) is 22.4 Å². The number of ether oxygens (including phenoxy) is 1. The molecule has 0 saturated heterocycles. The van der Waals surface area contributed by atoms with Gasteiger partial charge in [-0.2, -0.15) is 0 Å². The molecule has 0 bridgehead atoms. The van der Waals surface area contributed by atoms with E-state index in [9.17, 15) is 19.7 Å². The Morgan fingerprint density at radius 2 is 1.78 bits per heavy atom. The fourth-order valence-corrected chi connectivity index (χ4v) is 5.23. The minimum Gasteiger partial charge on any atom is -0.436 e. The Hall–Kier alpha value is -3.79. The highest BCUT2D eigenvalue weighted by atomic mass is 32.1. The van der Waals surface area contributed by atoms with Gasteiger partial charge in [0.2, 0.25) is 0 Å². The van der Waals surface area contributed by atoms with Crippen molar-refractivity contribution in [2.75, 3.05) is 0 Å². The Morgan fingerprint density at radius 1 is 1.14 bits per heavy atom. The molecule has 0 saturated carbocycles. The number of hydrogen-bond donors (Lipinski definition) is 2. The number of aryl methyl sites for hydroxylation is 1. The van der Waals surface area contributed by atoms with E-state index in [1.54, 1.807) is 12.1 Å². The molecule has 2 amide bonds. The van der Waals surface area contributed by atoms with Crippen LogP contribution in [-0.4, -0.2) is 28.0 Å². The van der Waals surface area contributed by atoms with Crippen molar-refractivity contribution in [2.45, 2.75) is 58.6 Å². The smallest absolute Gasteiger partial charge is 0.405 e. The number of benzene rings is 2. The van der Waals surface area contributed by atoms with E-state index in [2.05, 4.69) is 10.3 Å². The zero-order valence-electron chi connectivity index (χ0n) is 21.3. The van der Waals surface area contributed by atoms with Gasteiger partial charge in [-0.05, 0) is 29.4 Å². The number of rotatable bonds is 10. The van der Waals surface area contributed by atoms with Crippen molar-refractivity contribution < 1.29 is 19.2 Å². The van der Waals surface area contributed by atoms with Gasteiger partial charge in [-0.1, -0.05) is 70.2 Å². The van der Waals surface area contributed by atoms with Crippen LogP contribution in [0.15, 0.2) is 60.0 Å². The predicted molar refractivity (Wildman–Crippen MR) is 142 cm³/mol. The lowest BCUT2D eigenvalue weighted by Crippen LogP contribution is -2.47. The molecular formula is C27H32N4O5S. The summed E-state index contributed by atoms with van der Waals surface area (Å²) in [5, 5.41) is 16.7. The second-order valence-corrected chi connectivity index (χ2v) is 10.7. The van der Waals surface area contributed by atoms with Gasteiger partial charge in [0.15, 0.2) is 6.10 Å². The summed E-state index contributed by atoms with van der Waals surface area (Å²) in [6.45, 7) is 7.90. The van der Waals surface area contributed by atoms with Crippen molar-refractivity contribution in [1.29, 1.82) is 0 Å². The number of carbonyl (C=O) groups is 2. The number of nitro groups is 1. The van der Waals surface area contributed by atoms with Crippen molar-refractivity contribution in [3.63, 3.8) is 0 Å². The maximum Gasteiger partial charge on any atom is 0.405 e. The summed E-state index contributed by atoms with van der Waals surface area (Å²) in [7, 11) is 0. The highest BCUT2D eigenvalue weighted by molar-refractivity contribution is 7.09. The normalized spacial score (nSPS) is 13.8. The van der Waals surface area contributed by atoms with Crippen LogP contribution in [0.1, 0.15) is 61.5 Å². The number of primary amides is 1. The second kappa shape index (κ2) is 12.0. The molecule has 10 heteroatoms. The van der Waals surface area contributed by atoms with Crippen LogP contribution < -0.4 is 11.1 Å². The van der Waals surface area contributed by atoms with Gasteiger partial charge in [-0.15, -0.1) is 11.3 Å². The zero-order valence-corrected chi connectivity index (χ0v) is 22.2. The van der Waals surface area contributed by atoms with Crippen LogP contribution in [0, 0.1) is 15.5 Å². The number of amides is 2. The topological polar surface area (TPSA) is 137 Å². The molecule has 1 heterocycles. The number of nitro benzene ring substituents is 1. The standard InChI is InChI=1S/C27H32N4O5S/c1-5-19-16-37-25(29-19)21(15-17-11-13-20(14-12-17)31(34)35)30-24(32)23(36-26(28)33)22(27(2,3)4)18-9-7-6-8-10-18/h6-14,16,21-23H,5,15H2,1-4H3,(H2,28,33)(H,30,32). The minimum absolute atomic E-state index is 0.0161. The average Bonchev–Trinajstić information content (AvgIpc) is 3.32. The SMILES string of the molecule is CCc1csc(C(Cc2ccc([N+](=O)[O-])cc2)NC(=O)C(OC(N)=O)C(c2ccccc2)C(C)(C)C)n1. The van der Waals surface area contributed by atoms with E-state index in [1.807, 2.05) is 63.4 Å². The first kappa shape index (κ1) is 27.8. The summed E-state index contributed by atoms with van der Waals surface area (Å²) in [4.78, 5) is 40.9. The number of thiazole rings is 1. The number of aromatic nitrogens is 1. The lowest BCUT2D eigenvalue weighted by molar-refractivity contribution is -0.384. The lowest BCUT2D eigenvalue weighted by atomic mass is 9.73. The van der Waals surface area contributed by atoms with Crippen LogP contribution in [0.5, 0.6) is 0 Å². The molecular weight excluding hydrogens is 492 g/mol. The van der Waals surface area contributed by atoms with Gasteiger partial charge in [0, 0.05) is 23.4 Å². The molecule has 0 aliphatic heterocycles. The quantitative estimate of drug-likeness (QED) is 0.272. The maximum atomic E-state index is 13.8. The molecule has 3 N–H and O–H groups in total. The summed E-state index contributed by atoms with van der Waals surface area (Å²) < 4.78 is 5.45. The summed E-state index contributed by atoms with van der Waals surface area (Å²) in [6, 6.07) is 15.0. The van der Waals surface area contributed by atoms with E-state index < -0.39 is 40.4 Å². The number of nitrogens with one attached hydrogen (secondary N) is 1. The van der Waals surface area contributed by atoms with E-state index in [4.69, 9.17) is 10.5 Å². The van der Waals surface area contributed by atoms with Gasteiger partial charge < -0.3 is 15.8 Å². The molecule has 3 aromatic rings. The van der Waals surface area contributed by atoms with E-state index >= 15 is 0 Å². The molecule has 196 valence electrons. The summed E-state index contributed by atoms with van der Waals surface area (Å²) in [5.74, 6) is -0.980. The molecule has 3 atom stereocenters. The van der Waals surface area contributed by atoms with Crippen LogP contribution >= 0.6 is 11.3 Å². The molecule has 0 aliphatic rings. The summed E-state index contributed by atoms with van der Waals surface area (Å²) in [6.07, 6.45) is -1.15. The fourth-order valence-electron chi connectivity index (χ4n) is 4.28. The van der Waals surface area contributed by atoms with E-state index in [0.29, 0.717) is 11.4 Å². The average molecular weight is 525 g/mol. The molecule has 9 nitrogen and oxygen atoms in total. The van der Waals surface area contributed by atoms with Crippen molar-refractivity contribution >= 4 is 29.0 Å². The maximum absolute atomic E-state index is 13.8. The third-order valence-electron chi connectivity index (χ3n) is 6.03. The minimum atomic E-state index is -1.19. The number of nitrogens with two attached hydrogens (primary N) is 1. The van der Waals surface area contributed by atoms with Gasteiger partial charge in [0.05, 0.1) is 16.7 Å². The molecule has 0 aliphatic carbocycles. The van der Waals surface area contributed by atoms with Crippen molar-refractivity contribution in [2.24, 2.45) is 11.1 Å². The Labute approximate surface area is 220 Å². The Kier molecular flexibility index (Phi) is 8.99. The molecule has 0 spiro atoms. The van der Waals surface area contributed by atoms with Crippen molar-refractivity contribution in [3.05, 3.63) is 91.9 Å². The van der Waals surface area contributed by atoms with Crippen LogP contribution in [0.4, 0.5) is 10.5 Å². The molecule has 0 radical (unpaired) electrons. The predicted octanol–water partition coefficient (Wildman–Crippen LogP) is 5.31. The zero-order chi connectivity index (χ0) is 27.2. The van der Waals surface area contributed by atoms with Gasteiger partial charge in [0.25, 0.3) is 11.6 Å². The monoisotopic (exact) mass is 524 g/mol. The van der Waals surface area contributed by atoms with Crippen molar-refractivity contribution in [3.8, 4) is 0 Å². The molecule has 0 fully saturated rings. The third-order valence-corrected chi connectivity index (χ3v) is 7.04. The Bertz CT molecular complexity index is 1220. The highest BCUT2D eigenvalue weighted by Gasteiger charge is 2.41. The van der Waals surface area contributed by atoms with Gasteiger partial charge >= 0.3 is 6.09 Å².